The number of benzene rings is 2. The molecule has 8 nitrogen and oxygen atoms in total. The SMILES string of the molecule is CCOc1ccc(/C=N\NC(=O)c2nn(-c3ccccc3)cc2O)c(O)c1. The van der Waals surface area contributed by atoms with E-state index < -0.39 is 5.91 Å². The number of ether oxygens (including phenoxy) is 1. The number of rotatable bonds is 6. The van der Waals surface area contributed by atoms with Crippen molar-refractivity contribution in [1.82, 2.24) is 15.2 Å². The number of hydrogen-bond donors (Lipinski definition) is 3. The molecule has 0 saturated carbocycles. The molecule has 0 atom stereocenters. The number of para-hydroxylation sites is 1. The fourth-order valence-electron chi connectivity index (χ4n) is 2.34. The third-order valence-electron chi connectivity index (χ3n) is 3.61. The van der Waals surface area contributed by atoms with E-state index in [2.05, 4.69) is 15.6 Å². The highest BCUT2D eigenvalue weighted by Gasteiger charge is 2.16. The topological polar surface area (TPSA) is 109 Å². The molecule has 0 unspecified atom stereocenters. The molecule has 3 aromatic rings. The van der Waals surface area contributed by atoms with E-state index in [4.69, 9.17) is 4.74 Å². The average molecular weight is 366 g/mol. The quantitative estimate of drug-likeness (QED) is 0.459. The second kappa shape index (κ2) is 8.05. The van der Waals surface area contributed by atoms with Crippen LogP contribution in [0.1, 0.15) is 23.0 Å². The van der Waals surface area contributed by atoms with Gasteiger partial charge in [0.05, 0.1) is 24.7 Å². The number of nitrogens with one attached hydrogen (secondary N) is 1. The maximum absolute atomic E-state index is 12.2. The molecule has 3 rings (SSSR count). The first kappa shape index (κ1) is 18.0. The fourth-order valence-corrected chi connectivity index (χ4v) is 2.34. The van der Waals surface area contributed by atoms with Crippen LogP contribution in [0.25, 0.3) is 5.69 Å². The Hall–Kier alpha value is -3.81. The molecule has 0 aliphatic rings. The molecule has 0 radical (unpaired) electrons. The molecule has 3 N–H and O–H groups in total. The molecule has 1 heterocycles. The van der Waals surface area contributed by atoms with Crippen LogP contribution in [0, 0.1) is 0 Å². The maximum atomic E-state index is 12.2. The smallest absolute Gasteiger partial charge is 0.295 e. The number of hydrogen-bond acceptors (Lipinski definition) is 6. The van der Waals surface area contributed by atoms with Crippen LogP contribution in [0.15, 0.2) is 59.8 Å². The average Bonchev–Trinajstić information content (AvgIpc) is 3.06. The lowest BCUT2D eigenvalue weighted by Gasteiger charge is -2.04. The highest BCUT2D eigenvalue weighted by atomic mass is 16.5. The highest BCUT2D eigenvalue weighted by Crippen LogP contribution is 2.22. The van der Waals surface area contributed by atoms with Crippen molar-refractivity contribution < 1.29 is 19.7 Å². The Bertz CT molecular complexity index is 967. The first-order valence-corrected chi connectivity index (χ1v) is 8.21. The monoisotopic (exact) mass is 366 g/mol. The fraction of sp³-hybridized carbons (Fsp3) is 0.105. The minimum atomic E-state index is -0.677. The summed E-state index contributed by atoms with van der Waals surface area (Å²) in [5.41, 5.74) is 3.22. The van der Waals surface area contributed by atoms with E-state index in [-0.39, 0.29) is 17.2 Å². The van der Waals surface area contributed by atoms with Crippen molar-refractivity contribution in [3.05, 3.63) is 66.0 Å². The van der Waals surface area contributed by atoms with Gasteiger partial charge in [-0.2, -0.15) is 10.2 Å². The van der Waals surface area contributed by atoms with Crippen LogP contribution in [-0.4, -0.2) is 38.7 Å². The van der Waals surface area contributed by atoms with Gasteiger partial charge in [0.2, 0.25) is 0 Å². The van der Waals surface area contributed by atoms with Crippen molar-refractivity contribution in [2.24, 2.45) is 5.10 Å². The molecule has 2 aromatic carbocycles. The number of hydrazone groups is 1. The third-order valence-corrected chi connectivity index (χ3v) is 3.61. The molecule has 0 bridgehead atoms. The van der Waals surface area contributed by atoms with Crippen LogP contribution in [0.5, 0.6) is 17.2 Å². The lowest BCUT2D eigenvalue weighted by atomic mass is 10.2. The van der Waals surface area contributed by atoms with E-state index in [1.54, 1.807) is 24.3 Å². The summed E-state index contributed by atoms with van der Waals surface area (Å²) in [5.74, 6) is -0.443. The Morgan fingerprint density at radius 1 is 1.22 bits per heavy atom. The van der Waals surface area contributed by atoms with E-state index in [1.807, 2.05) is 25.1 Å². The van der Waals surface area contributed by atoms with Gasteiger partial charge in [-0.25, -0.2) is 10.1 Å². The van der Waals surface area contributed by atoms with Gasteiger partial charge >= 0.3 is 0 Å². The van der Waals surface area contributed by atoms with Crippen molar-refractivity contribution in [2.45, 2.75) is 6.92 Å². The van der Waals surface area contributed by atoms with E-state index in [0.29, 0.717) is 23.6 Å². The molecule has 0 fully saturated rings. The van der Waals surface area contributed by atoms with E-state index >= 15 is 0 Å². The van der Waals surface area contributed by atoms with Crippen molar-refractivity contribution in [3.8, 4) is 22.9 Å². The number of aromatic hydroxyl groups is 2. The van der Waals surface area contributed by atoms with Crippen LogP contribution in [0.2, 0.25) is 0 Å². The normalized spacial score (nSPS) is 10.9. The van der Waals surface area contributed by atoms with Gasteiger partial charge in [-0.15, -0.1) is 0 Å². The molecule has 1 amide bonds. The summed E-state index contributed by atoms with van der Waals surface area (Å²) < 4.78 is 6.68. The van der Waals surface area contributed by atoms with Gasteiger partial charge in [-0.1, -0.05) is 18.2 Å². The number of carbonyl (C=O) groups is 1. The Morgan fingerprint density at radius 3 is 2.70 bits per heavy atom. The molecule has 0 aliphatic carbocycles. The lowest BCUT2D eigenvalue weighted by Crippen LogP contribution is -2.18. The first-order chi connectivity index (χ1) is 13.1. The number of aromatic nitrogens is 2. The second-order valence-electron chi connectivity index (χ2n) is 5.50. The molecule has 27 heavy (non-hydrogen) atoms. The summed E-state index contributed by atoms with van der Waals surface area (Å²) in [6, 6.07) is 13.8. The van der Waals surface area contributed by atoms with Crippen LogP contribution >= 0.6 is 0 Å². The standard InChI is InChI=1S/C19H18N4O4/c1-2-27-15-9-8-13(16(24)10-15)11-20-21-19(26)18-17(25)12-23(22-18)14-6-4-3-5-7-14/h3-12,24-25H,2H2,1H3,(H,21,26)/b20-11-. The Labute approximate surface area is 155 Å². The van der Waals surface area contributed by atoms with Crippen LogP contribution in [-0.2, 0) is 0 Å². The zero-order chi connectivity index (χ0) is 19.2. The predicted molar refractivity (Wildman–Crippen MR) is 99.6 cm³/mol. The van der Waals surface area contributed by atoms with Gasteiger partial charge < -0.3 is 14.9 Å². The Morgan fingerprint density at radius 2 is 2.00 bits per heavy atom. The molecule has 0 saturated heterocycles. The number of nitrogens with zero attached hydrogens (tertiary/aromatic N) is 3. The van der Waals surface area contributed by atoms with Crippen molar-refractivity contribution in [1.29, 1.82) is 0 Å². The maximum Gasteiger partial charge on any atom is 0.295 e. The van der Waals surface area contributed by atoms with Crippen LogP contribution in [0.3, 0.4) is 0 Å². The zero-order valence-electron chi connectivity index (χ0n) is 14.5. The number of phenols is 1. The minimum Gasteiger partial charge on any atom is -0.507 e. The molecular formula is C19H18N4O4. The zero-order valence-corrected chi connectivity index (χ0v) is 14.5. The Balaban J connectivity index is 1.69. The molecule has 1 aromatic heterocycles. The Kier molecular flexibility index (Phi) is 5.36. The molecule has 0 aliphatic heterocycles. The van der Waals surface area contributed by atoms with Crippen molar-refractivity contribution >= 4 is 12.1 Å². The summed E-state index contributed by atoms with van der Waals surface area (Å²) in [4.78, 5) is 12.2. The molecule has 8 heteroatoms. The lowest BCUT2D eigenvalue weighted by molar-refractivity contribution is 0.0947. The molecule has 138 valence electrons. The van der Waals surface area contributed by atoms with Gasteiger partial charge in [0.15, 0.2) is 11.4 Å². The summed E-state index contributed by atoms with van der Waals surface area (Å²) >= 11 is 0. The number of amides is 1. The first-order valence-electron chi connectivity index (χ1n) is 8.21. The van der Waals surface area contributed by atoms with E-state index in [1.165, 1.54) is 23.2 Å². The van der Waals surface area contributed by atoms with Crippen molar-refractivity contribution in [3.63, 3.8) is 0 Å². The summed E-state index contributed by atoms with van der Waals surface area (Å²) in [6.07, 6.45) is 2.63. The summed E-state index contributed by atoms with van der Waals surface area (Å²) in [6.45, 7) is 2.33. The number of phenolic OH excluding ortho intramolecular Hbond substituents is 1. The highest BCUT2D eigenvalue weighted by molar-refractivity contribution is 5.95. The van der Waals surface area contributed by atoms with E-state index in [9.17, 15) is 15.0 Å². The van der Waals surface area contributed by atoms with E-state index in [0.717, 1.165) is 0 Å². The summed E-state index contributed by atoms with van der Waals surface area (Å²) in [7, 11) is 0. The minimum absolute atomic E-state index is 0.0323. The third kappa shape index (κ3) is 4.24. The van der Waals surface area contributed by atoms with Crippen LogP contribution in [0.4, 0.5) is 0 Å². The van der Waals surface area contributed by atoms with Gasteiger partial charge in [0, 0.05) is 11.6 Å². The molecular weight excluding hydrogens is 348 g/mol. The van der Waals surface area contributed by atoms with Gasteiger partial charge in [-0.3, -0.25) is 4.79 Å². The second-order valence-corrected chi connectivity index (χ2v) is 5.50. The number of carbonyl (C=O) groups excluding carboxylic acids is 1. The predicted octanol–water partition coefficient (Wildman–Crippen LogP) is 2.45. The van der Waals surface area contributed by atoms with Crippen LogP contribution < -0.4 is 10.2 Å². The summed E-state index contributed by atoms with van der Waals surface area (Å²) in [5, 5.41) is 27.8. The van der Waals surface area contributed by atoms with Crippen molar-refractivity contribution in [2.75, 3.05) is 6.61 Å². The van der Waals surface area contributed by atoms with Gasteiger partial charge in [0.25, 0.3) is 5.91 Å². The molecule has 0 spiro atoms. The van der Waals surface area contributed by atoms with Gasteiger partial charge in [0.1, 0.15) is 11.5 Å². The largest absolute Gasteiger partial charge is 0.507 e. The van der Waals surface area contributed by atoms with Gasteiger partial charge in [-0.05, 0) is 31.2 Å².